The van der Waals surface area contributed by atoms with Gasteiger partial charge in [-0.3, -0.25) is 0 Å². The predicted octanol–water partition coefficient (Wildman–Crippen LogP) is 3.37. The zero-order chi connectivity index (χ0) is 10.7. The Hall–Kier alpha value is -1.67. The van der Waals surface area contributed by atoms with E-state index in [0.717, 1.165) is 22.6 Å². The van der Waals surface area contributed by atoms with Gasteiger partial charge in [0.1, 0.15) is 5.75 Å². The molecule has 0 bridgehead atoms. The van der Waals surface area contributed by atoms with Crippen molar-refractivity contribution in [1.29, 1.82) is 0 Å². The molecule has 2 N–H and O–H groups in total. The third-order valence-corrected chi connectivity index (χ3v) is 2.33. The third kappa shape index (κ3) is 2.47. The topological polar surface area (TPSA) is 35.2 Å². The molecule has 0 saturated carbocycles. The van der Waals surface area contributed by atoms with Crippen molar-refractivity contribution >= 4 is 18.1 Å². The molecule has 0 saturated heterocycles. The van der Waals surface area contributed by atoms with Gasteiger partial charge in [-0.25, -0.2) is 0 Å². The second-order valence-corrected chi connectivity index (χ2v) is 3.32. The van der Waals surface area contributed by atoms with E-state index in [0.29, 0.717) is 0 Å². The Balaban J connectivity index is 0.00000128. The number of halogens is 1. The van der Waals surface area contributed by atoms with Crippen molar-refractivity contribution in [3.8, 4) is 16.9 Å². The molecule has 0 heterocycles. The molecule has 0 aliphatic carbocycles. The molecule has 0 amide bonds. The molecule has 2 nitrogen and oxygen atoms in total. The quantitative estimate of drug-likeness (QED) is 0.810. The molecule has 0 aliphatic rings. The Labute approximate surface area is 101 Å². The Morgan fingerprint density at radius 2 is 1.56 bits per heavy atom. The summed E-state index contributed by atoms with van der Waals surface area (Å²) in [7, 11) is 1.68. The van der Waals surface area contributed by atoms with Crippen molar-refractivity contribution in [3.63, 3.8) is 0 Å². The molecule has 0 aromatic heterocycles. The van der Waals surface area contributed by atoms with Gasteiger partial charge in [-0.05, 0) is 23.8 Å². The first-order chi connectivity index (χ1) is 7.31. The largest absolute Gasteiger partial charge is 0.496 e. The van der Waals surface area contributed by atoms with Gasteiger partial charge in [0.05, 0.1) is 7.11 Å². The van der Waals surface area contributed by atoms with E-state index < -0.39 is 0 Å². The number of methoxy groups -OCH3 is 1. The van der Waals surface area contributed by atoms with Crippen molar-refractivity contribution in [2.45, 2.75) is 0 Å². The van der Waals surface area contributed by atoms with Gasteiger partial charge in [-0.15, -0.1) is 12.4 Å². The Morgan fingerprint density at radius 3 is 2.19 bits per heavy atom. The zero-order valence-electron chi connectivity index (χ0n) is 9.01. The SMILES string of the molecule is COc1ccccc1-c1ccc(N)cc1.Cl. The van der Waals surface area contributed by atoms with Crippen LogP contribution < -0.4 is 10.5 Å². The average Bonchev–Trinajstić information content (AvgIpc) is 2.30. The monoisotopic (exact) mass is 235 g/mol. The Bertz CT molecular complexity index is 454. The fourth-order valence-electron chi connectivity index (χ4n) is 1.55. The van der Waals surface area contributed by atoms with Crippen LogP contribution in [0.2, 0.25) is 0 Å². The van der Waals surface area contributed by atoms with E-state index in [1.807, 2.05) is 48.5 Å². The lowest BCUT2D eigenvalue weighted by Gasteiger charge is -2.08. The van der Waals surface area contributed by atoms with Crippen molar-refractivity contribution in [1.82, 2.24) is 0 Å². The lowest BCUT2D eigenvalue weighted by Crippen LogP contribution is -1.88. The Kier molecular flexibility index (Phi) is 4.20. The molecule has 0 aliphatic heterocycles. The van der Waals surface area contributed by atoms with Crippen LogP contribution in [0.3, 0.4) is 0 Å². The molecule has 2 rings (SSSR count). The standard InChI is InChI=1S/C13H13NO.ClH/c1-15-13-5-3-2-4-12(13)10-6-8-11(14)9-7-10;/h2-9H,14H2,1H3;1H. The molecule has 84 valence electrons. The van der Waals surface area contributed by atoms with Crippen LogP contribution in [-0.2, 0) is 0 Å². The van der Waals surface area contributed by atoms with Gasteiger partial charge in [-0.2, -0.15) is 0 Å². The van der Waals surface area contributed by atoms with Gasteiger partial charge < -0.3 is 10.5 Å². The summed E-state index contributed by atoms with van der Waals surface area (Å²) < 4.78 is 5.30. The first-order valence-electron chi connectivity index (χ1n) is 4.80. The van der Waals surface area contributed by atoms with E-state index >= 15 is 0 Å². The highest BCUT2D eigenvalue weighted by molar-refractivity contribution is 5.85. The van der Waals surface area contributed by atoms with E-state index in [1.54, 1.807) is 7.11 Å². The van der Waals surface area contributed by atoms with Crippen LogP contribution in [0.25, 0.3) is 11.1 Å². The van der Waals surface area contributed by atoms with Crippen molar-refractivity contribution < 1.29 is 4.74 Å². The van der Waals surface area contributed by atoms with Gasteiger partial charge in [0, 0.05) is 11.3 Å². The summed E-state index contributed by atoms with van der Waals surface area (Å²) >= 11 is 0. The summed E-state index contributed by atoms with van der Waals surface area (Å²) in [6.45, 7) is 0. The van der Waals surface area contributed by atoms with Gasteiger partial charge in [0.2, 0.25) is 0 Å². The molecule has 16 heavy (non-hydrogen) atoms. The average molecular weight is 236 g/mol. The molecule has 2 aromatic carbocycles. The summed E-state index contributed by atoms with van der Waals surface area (Å²) in [6.07, 6.45) is 0. The number of anilines is 1. The fourth-order valence-corrected chi connectivity index (χ4v) is 1.55. The normalized spacial score (nSPS) is 9.31. The maximum absolute atomic E-state index is 5.64. The second-order valence-electron chi connectivity index (χ2n) is 3.32. The number of rotatable bonds is 2. The van der Waals surface area contributed by atoms with Crippen LogP contribution in [0.1, 0.15) is 0 Å². The van der Waals surface area contributed by atoms with Crippen LogP contribution in [0.4, 0.5) is 5.69 Å². The summed E-state index contributed by atoms with van der Waals surface area (Å²) in [5, 5.41) is 0. The molecular weight excluding hydrogens is 222 g/mol. The van der Waals surface area contributed by atoms with E-state index in [1.165, 1.54) is 0 Å². The lowest BCUT2D eigenvalue weighted by molar-refractivity contribution is 0.416. The van der Waals surface area contributed by atoms with Crippen LogP contribution in [0.15, 0.2) is 48.5 Å². The molecular formula is C13H14ClNO. The summed E-state index contributed by atoms with van der Waals surface area (Å²) in [5.41, 5.74) is 8.61. The van der Waals surface area contributed by atoms with Gasteiger partial charge >= 0.3 is 0 Å². The fraction of sp³-hybridized carbons (Fsp3) is 0.0769. The minimum atomic E-state index is 0. The minimum absolute atomic E-state index is 0. The number of para-hydroxylation sites is 1. The number of nitrogens with two attached hydrogens (primary N) is 1. The maximum atomic E-state index is 5.64. The molecule has 0 unspecified atom stereocenters. The van der Waals surface area contributed by atoms with Crippen LogP contribution in [0, 0.1) is 0 Å². The summed E-state index contributed by atoms with van der Waals surface area (Å²) in [6, 6.07) is 15.7. The van der Waals surface area contributed by atoms with E-state index in [4.69, 9.17) is 10.5 Å². The molecule has 0 spiro atoms. The van der Waals surface area contributed by atoms with Crippen molar-refractivity contribution in [2.24, 2.45) is 0 Å². The van der Waals surface area contributed by atoms with Gasteiger partial charge in [0.15, 0.2) is 0 Å². The number of hydrogen-bond donors (Lipinski definition) is 1. The smallest absolute Gasteiger partial charge is 0.126 e. The molecule has 0 fully saturated rings. The summed E-state index contributed by atoms with van der Waals surface area (Å²) in [4.78, 5) is 0. The number of benzene rings is 2. The first kappa shape index (κ1) is 12.4. The number of ether oxygens (including phenoxy) is 1. The van der Waals surface area contributed by atoms with Gasteiger partial charge in [-0.1, -0.05) is 30.3 Å². The highest BCUT2D eigenvalue weighted by atomic mass is 35.5. The predicted molar refractivity (Wildman–Crippen MR) is 70.1 cm³/mol. The number of nitrogen functional groups attached to an aromatic ring is 1. The van der Waals surface area contributed by atoms with Crippen LogP contribution in [0.5, 0.6) is 5.75 Å². The molecule has 3 heteroatoms. The van der Waals surface area contributed by atoms with Crippen LogP contribution >= 0.6 is 12.4 Å². The van der Waals surface area contributed by atoms with E-state index in [2.05, 4.69) is 0 Å². The third-order valence-electron chi connectivity index (χ3n) is 2.33. The Morgan fingerprint density at radius 1 is 0.938 bits per heavy atom. The molecule has 0 radical (unpaired) electrons. The molecule has 2 aromatic rings. The summed E-state index contributed by atoms with van der Waals surface area (Å²) in [5.74, 6) is 0.877. The highest BCUT2D eigenvalue weighted by Gasteiger charge is 2.03. The lowest BCUT2D eigenvalue weighted by atomic mass is 10.0. The van der Waals surface area contributed by atoms with Crippen molar-refractivity contribution in [2.75, 3.05) is 12.8 Å². The second kappa shape index (κ2) is 5.42. The zero-order valence-corrected chi connectivity index (χ0v) is 9.83. The van der Waals surface area contributed by atoms with E-state index in [-0.39, 0.29) is 12.4 Å². The maximum Gasteiger partial charge on any atom is 0.126 e. The first-order valence-corrected chi connectivity index (χ1v) is 4.80. The highest BCUT2D eigenvalue weighted by Crippen LogP contribution is 2.29. The van der Waals surface area contributed by atoms with Crippen molar-refractivity contribution in [3.05, 3.63) is 48.5 Å². The molecule has 0 atom stereocenters. The minimum Gasteiger partial charge on any atom is -0.496 e. The van der Waals surface area contributed by atoms with E-state index in [9.17, 15) is 0 Å². The number of hydrogen-bond acceptors (Lipinski definition) is 2. The van der Waals surface area contributed by atoms with Gasteiger partial charge in [0.25, 0.3) is 0 Å². The van der Waals surface area contributed by atoms with Crippen LogP contribution in [-0.4, -0.2) is 7.11 Å².